The van der Waals surface area contributed by atoms with E-state index >= 15 is 0 Å². The molecule has 1 aliphatic heterocycles. The van der Waals surface area contributed by atoms with Gasteiger partial charge in [0.1, 0.15) is 28.5 Å². The van der Waals surface area contributed by atoms with Gasteiger partial charge in [0, 0.05) is 23.1 Å². The van der Waals surface area contributed by atoms with Gasteiger partial charge in [-0.3, -0.25) is 9.59 Å². The number of esters is 1. The number of hydrogen-bond donors (Lipinski definition) is 0. The lowest BCUT2D eigenvalue weighted by Crippen LogP contribution is -2.27. The Kier molecular flexibility index (Phi) is 7.35. The molecule has 0 spiro atoms. The number of halogens is 1. The smallest absolute Gasteiger partial charge is 0.308 e. The van der Waals surface area contributed by atoms with E-state index in [-0.39, 0.29) is 11.3 Å². The fraction of sp³-hybridized carbons (Fsp3) is 0.115. The number of benzene rings is 3. The molecular weight excluding hydrogens is 472 g/mol. The van der Waals surface area contributed by atoms with Crippen molar-refractivity contribution in [2.75, 3.05) is 6.61 Å². The Labute approximate surface area is 206 Å². The van der Waals surface area contributed by atoms with Crippen LogP contribution in [0.2, 0.25) is 5.02 Å². The molecular formula is C26H21ClN2O4S. The van der Waals surface area contributed by atoms with Gasteiger partial charge in [-0.2, -0.15) is 5.10 Å². The van der Waals surface area contributed by atoms with Crippen molar-refractivity contribution in [3.63, 3.8) is 0 Å². The van der Waals surface area contributed by atoms with Gasteiger partial charge >= 0.3 is 5.97 Å². The number of carbonyl (C=O) groups excluding carboxylic acids is 2. The zero-order valence-electron chi connectivity index (χ0n) is 18.3. The van der Waals surface area contributed by atoms with Crippen LogP contribution < -0.4 is 9.47 Å². The fourth-order valence-electron chi connectivity index (χ4n) is 3.37. The van der Waals surface area contributed by atoms with Gasteiger partial charge in [0.05, 0.1) is 5.56 Å². The monoisotopic (exact) mass is 492 g/mol. The Morgan fingerprint density at radius 1 is 1.06 bits per heavy atom. The number of hydrogen-bond acceptors (Lipinski definition) is 6. The lowest BCUT2D eigenvalue weighted by atomic mass is 10.1. The quantitative estimate of drug-likeness (QED) is 0.227. The van der Waals surface area contributed by atoms with Crippen molar-refractivity contribution in [2.45, 2.75) is 12.3 Å². The van der Waals surface area contributed by atoms with E-state index in [9.17, 15) is 9.59 Å². The highest BCUT2D eigenvalue weighted by molar-refractivity contribution is 8.14. The standard InChI is InChI=1S/C26H21ClN2O4S/c1-3-16-32-22-10-6-5-9-21(22)26-29(28-24(34-26)18-12-14-19(27)15-13-18)25(31)20-8-4-7-11-23(20)33-17(2)30/h3-15,26H,1,16H2,2H3. The minimum Gasteiger partial charge on any atom is -0.489 e. The van der Waals surface area contributed by atoms with E-state index < -0.39 is 17.3 Å². The Hall–Kier alpha value is -3.55. The van der Waals surface area contributed by atoms with E-state index in [4.69, 9.17) is 21.1 Å². The molecule has 0 aliphatic carbocycles. The summed E-state index contributed by atoms with van der Waals surface area (Å²) in [4.78, 5) is 25.3. The zero-order chi connectivity index (χ0) is 24.1. The maximum absolute atomic E-state index is 13.7. The normalized spacial score (nSPS) is 14.9. The zero-order valence-corrected chi connectivity index (χ0v) is 19.9. The number of ether oxygens (including phenoxy) is 2. The largest absolute Gasteiger partial charge is 0.489 e. The minimum atomic E-state index is -0.513. The molecule has 0 fully saturated rings. The molecule has 8 heteroatoms. The SMILES string of the molecule is C=CCOc1ccccc1C1SC(c2ccc(Cl)cc2)=NN1C(=O)c1ccccc1OC(C)=O. The molecule has 3 aromatic carbocycles. The van der Waals surface area contributed by atoms with Gasteiger partial charge in [-0.05, 0) is 30.3 Å². The fourth-order valence-corrected chi connectivity index (χ4v) is 4.68. The van der Waals surface area contributed by atoms with Crippen LogP contribution >= 0.6 is 23.4 Å². The second-order valence-corrected chi connectivity index (χ2v) is 8.76. The predicted molar refractivity (Wildman–Crippen MR) is 134 cm³/mol. The molecule has 0 N–H and O–H groups in total. The van der Waals surface area contributed by atoms with Gasteiger partial charge in [0.25, 0.3) is 5.91 Å². The van der Waals surface area contributed by atoms with E-state index in [1.54, 1.807) is 42.5 Å². The summed E-state index contributed by atoms with van der Waals surface area (Å²) in [5.74, 6) is -0.119. The molecule has 1 atom stereocenters. The van der Waals surface area contributed by atoms with E-state index in [0.717, 1.165) is 11.1 Å². The molecule has 0 radical (unpaired) electrons. The third kappa shape index (κ3) is 5.16. The molecule has 172 valence electrons. The summed E-state index contributed by atoms with van der Waals surface area (Å²) >= 11 is 7.47. The second-order valence-electron chi connectivity index (χ2n) is 7.26. The van der Waals surface area contributed by atoms with E-state index in [2.05, 4.69) is 11.7 Å². The summed E-state index contributed by atoms with van der Waals surface area (Å²) in [5, 5.41) is 6.81. The molecule has 4 rings (SSSR count). The first-order chi connectivity index (χ1) is 16.5. The third-order valence-corrected chi connectivity index (χ3v) is 6.33. The van der Waals surface area contributed by atoms with Crippen LogP contribution in [0.15, 0.2) is 90.6 Å². The summed E-state index contributed by atoms with van der Waals surface area (Å²) in [7, 11) is 0. The molecule has 0 saturated carbocycles. The molecule has 0 aromatic heterocycles. The van der Waals surface area contributed by atoms with Crippen molar-refractivity contribution < 1.29 is 19.1 Å². The molecule has 3 aromatic rings. The van der Waals surface area contributed by atoms with Crippen LogP contribution in [0, 0.1) is 0 Å². The Bertz CT molecular complexity index is 1260. The minimum absolute atomic E-state index is 0.176. The summed E-state index contributed by atoms with van der Waals surface area (Å²) < 4.78 is 11.1. The third-order valence-electron chi connectivity index (χ3n) is 4.86. The van der Waals surface area contributed by atoms with Crippen molar-refractivity contribution in [3.05, 3.63) is 107 Å². The van der Waals surface area contributed by atoms with Crippen molar-refractivity contribution in [1.82, 2.24) is 5.01 Å². The first kappa shape index (κ1) is 23.6. The first-order valence-corrected chi connectivity index (χ1v) is 11.7. The van der Waals surface area contributed by atoms with Gasteiger partial charge in [0.2, 0.25) is 0 Å². The number of rotatable bonds is 7. The topological polar surface area (TPSA) is 68.2 Å². The molecule has 1 heterocycles. The lowest BCUT2D eigenvalue weighted by molar-refractivity contribution is -0.131. The molecule has 0 saturated heterocycles. The molecule has 1 unspecified atom stereocenters. The molecule has 1 amide bonds. The van der Waals surface area contributed by atoms with Gasteiger partial charge in [0.15, 0.2) is 0 Å². The van der Waals surface area contributed by atoms with E-state index in [0.29, 0.717) is 22.4 Å². The Balaban J connectivity index is 1.78. The predicted octanol–water partition coefficient (Wildman–Crippen LogP) is 6.08. The van der Waals surface area contributed by atoms with Crippen LogP contribution in [0.3, 0.4) is 0 Å². The van der Waals surface area contributed by atoms with Crippen molar-refractivity contribution in [2.24, 2.45) is 5.10 Å². The summed E-state index contributed by atoms with van der Waals surface area (Å²) in [6, 6.07) is 21.3. The number of nitrogens with zero attached hydrogens (tertiary/aromatic N) is 2. The van der Waals surface area contributed by atoms with Crippen LogP contribution in [-0.4, -0.2) is 28.5 Å². The highest BCUT2D eigenvalue weighted by Gasteiger charge is 2.37. The van der Waals surface area contributed by atoms with Gasteiger partial charge in [-0.25, -0.2) is 5.01 Å². The van der Waals surface area contributed by atoms with Crippen LogP contribution in [-0.2, 0) is 4.79 Å². The van der Waals surface area contributed by atoms with E-state index in [1.165, 1.54) is 23.7 Å². The Morgan fingerprint density at radius 3 is 2.44 bits per heavy atom. The first-order valence-electron chi connectivity index (χ1n) is 10.4. The maximum Gasteiger partial charge on any atom is 0.308 e. The number of carbonyl (C=O) groups is 2. The van der Waals surface area contributed by atoms with Gasteiger partial charge in [-0.1, -0.05) is 78.5 Å². The van der Waals surface area contributed by atoms with Crippen LogP contribution in [0.5, 0.6) is 11.5 Å². The van der Waals surface area contributed by atoms with Crippen LogP contribution in [0.1, 0.15) is 33.8 Å². The highest BCUT2D eigenvalue weighted by atomic mass is 35.5. The van der Waals surface area contributed by atoms with E-state index in [1.807, 2.05) is 36.4 Å². The van der Waals surface area contributed by atoms with Crippen molar-refractivity contribution in [1.29, 1.82) is 0 Å². The average Bonchev–Trinajstić information content (AvgIpc) is 3.28. The number of thioether (sulfide) groups is 1. The number of para-hydroxylation sites is 2. The summed E-state index contributed by atoms with van der Waals surface area (Å²) in [5.41, 5.74) is 1.83. The van der Waals surface area contributed by atoms with Crippen molar-refractivity contribution in [3.8, 4) is 11.5 Å². The molecule has 6 nitrogen and oxygen atoms in total. The van der Waals surface area contributed by atoms with Crippen LogP contribution in [0.4, 0.5) is 0 Å². The summed E-state index contributed by atoms with van der Waals surface area (Å²) in [6.07, 6.45) is 1.66. The van der Waals surface area contributed by atoms with Gasteiger partial charge in [-0.15, -0.1) is 0 Å². The van der Waals surface area contributed by atoms with Gasteiger partial charge < -0.3 is 9.47 Å². The number of amides is 1. The van der Waals surface area contributed by atoms with Crippen LogP contribution in [0.25, 0.3) is 0 Å². The average molecular weight is 493 g/mol. The Morgan fingerprint density at radius 2 is 1.74 bits per heavy atom. The molecule has 1 aliphatic rings. The maximum atomic E-state index is 13.7. The van der Waals surface area contributed by atoms with Crippen molar-refractivity contribution >= 4 is 40.3 Å². The number of hydrazone groups is 1. The lowest BCUT2D eigenvalue weighted by Gasteiger charge is -2.23. The summed E-state index contributed by atoms with van der Waals surface area (Å²) in [6.45, 7) is 5.32. The second kappa shape index (κ2) is 10.6. The molecule has 34 heavy (non-hydrogen) atoms. The highest BCUT2D eigenvalue weighted by Crippen LogP contribution is 2.45. The molecule has 0 bridgehead atoms.